The predicted molar refractivity (Wildman–Crippen MR) is 79.9 cm³/mol. The Hall–Kier alpha value is -1.88. The van der Waals surface area contributed by atoms with Crippen molar-refractivity contribution in [2.75, 3.05) is 6.61 Å². The molecule has 5 nitrogen and oxygen atoms in total. The summed E-state index contributed by atoms with van der Waals surface area (Å²) < 4.78 is 10.8. The van der Waals surface area contributed by atoms with E-state index in [1.807, 2.05) is 31.2 Å². The van der Waals surface area contributed by atoms with Gasteiger partial charge in [0.1, 0.15) is 5.75 Å². The minimum atomic E-state index is -0.425. The molecule has 5 heteroatoms. The molecular weight excluding hydrogens is 266 g/mol. The number of hydrogen-bond acceptors (Lipinski definition) is 5. The highest BCUT2D eigenvalue weighted by atomic mass is 16.5. The SMILES string of the molecule is CCOc1ccc(-c2nc(C3(N)CCCCC3)no2)cc1. The summed E-state index contributed by atoms with van der Waals surface area (Å²) in [5.41, 5.74) is 6.89. The van der Waals surface area contributed by atoms with Crippen molar-refractivity contribution in [2.45, 2.75) is 44.6 Å². The Morgan fingerprint density at radius 2 is 1.90 bits per heavy atom. The number of aromatic nitrogens is 2. The molecule has 1 aliphatic rings. The van der Waals surface area contributed by atoms with Crippen molar-refractivity contribution >= 4 is 0 Å². The molecule has 0 spiro atoms. The van der Waals surface area contributed by atoms with E-state index in [2.05, 4.69) is 10.1 Å². The van der Waals surface area contributed by atoms with Crippen molar-refractivity contribution in [3.05, 3.63) is 30.1 Å². The maximum Gasteiger partial charge on any atom is 0.257 e. The van der Waals surface area contributed by atoms with E-state index in [1.54, 1.807) is 0 Å². The fraction of sp³-hybridized carbons (Fsp3) is 0.500. The second-order valence-electron chi connectivity index (χ2n) is 5.60. The van der Waals surface area contributed by atoms with Gasteiger partial charge in [-0.25, -0.2) is 0 Å². The summed E-state index contributed by atoms with van der Waals surface area (Å²) in [4.78, 5) is 4.51. The molecule has 0 bridgehead atoms. The van der Waals surface area contributed by atoms with Crippen LogP contribution in [0.4, 0.5) is 0 Å². The number of hydrogen-bond donors (Lipinski definition) is 1. The maximum absolute atomic E-state index is 6.43. The van der Waals surface area contributed by atoms with Crippen LogP contribution >= 0.6 is 0 Å². The van der Waals surface area contributed by atoms with Gasteiger partial charge in [0.15, 0.2) is 5.82 Å². The third-order valence-electron chi connectivity index (χ3n) is 4.03. The van der Waals surface area contributed by atoms with Crippen LogP contribution in [0, 0.1) is 0 Å². The Labute approximate surface area is 124 Å². The topological polar surface area (TPSA) is 74.2 Å². The van der Waals surface area contributed by atoms with Gasteiger partial charge < -0.3 is 15.0 Å². The Morgan fingerprint density at radius 3 is 2.57 bits per heavy atom. The van der Waals surface area contributed by atoms with Crippen LogP contribution in [-0.4, -0.2) is 16.7 Å². The lowest BCUT2D eigenvalue weighted by atomic mass is 9.82. The molecule has 0 unspecified atom stereocenters. The lowest BCUT2D eigenvalue weighted by Crippen LogP contribution is -2.39. The lowest BCUT2D eigenvalue weighted by Gasteiger charge is -2.29. The van der Waals surface area contributed by atoms with Crippen LogP contribution in [0.3, 0.4) is 0 Å². The summed E-state index contributed by atoms with van der Waals surface area (Å²) in [6, 6.07) is 7.65. The van der Waals surface area contributed by atoms with E-state index in [0.29, 0.717) is 18.3 Å². The summed E-state index contributed by atoms with van der Waals surface area (Å²) in [5, 5.41) is 4.10. The van der Waals surface area contributed by atoms with Crippen molar-refractivity contribution in [3.63, 3.8) is 0 Å². The summed E-state index contributed by atoms with van der Waals surface area (Å²) in [6.07, 6.45) is 5.35. The molecule has 0 amide bonds. The Balaban J connectivity index is 1.80. The molecule has 0 atom stereocenters. The normalized spacial score (nSPS) is 17.6. The highest BCUT2D eigenvalue weighted by molar-refractivity contribution is 5.54. The van der Waals surface area contributed by atoms with Crippen molar-refractivity contribution in [3.8, 4) is 17.2 Å². The second kappa shape index (κ2) is 5.85. The summed E-state index contributed by atoms with van der Waals surface area (Å²) in [5.74, 6) is 1.98. The zero-order chi connectivity index (χ0) is 14.7. The Bertz CT molecular complexity index is 586. The molecule has 2 aromatic rings. The summed E-state index contributed by atoms with van der Waals surface area (Å²) in [7, 11) is 0. The van der Waals surface area contributed by atoms with Crippen molar-refractivity contribution in [2.24, 2.45) is 5.73 Å². The van der Waals surface area contributed by atoms with Gasteiger partial charge in [-0.1, -0.05) is 24.4 Å². The third-order valence-corrected chi connectivity index (χ3v) is 4.03. The van der Waals surface area contributed by atoms with E-state index in [0.717, 1.165) is 37.0 Å². The fourth-order valence-corrected chi connectivity index (χ4v) is 2.81. The highest BCUT2D eigenvalue weighted by Gasteiger charge is 2.34. The number of rotatable bonds is 4. The van der Waals surface area contributed by atoms with E-state index >= 15 is 0 Å². The Morgan fingerprint density at radius 1 is 1.19 bits per heavy atom. The fourth-order valence-electron chi connectivity index (χ4n) is 2.81. The molecule has 1 saturated carbocycles. The van der Waals surface area contributed by atoms with Crippen LogP contribution in [-0.2, 0) is 5.54 Å². The molecule has 1 fully saturated rings. The van der Waals surface area contributed by atoms with Gasteiger partial charge in [0.2, 0.25) is 0 Å². The minimum Gasteiger partial charge on any atom is -0.494 e. The van der Waals surface area contributed by atoms with Gasteiger partial charge in [-0.05, 0) is 44.0 Å². The van der Waals surface area contributed by atoms with E-state index < -0.39 is 5.54 Å². The van der Waals surface area contributed by atoms with Gasteiger partial charge in [0.25, 0.3) is 5.89 Å². The molecule has 112 valence electrons. The van der Waals surface area contributed by atoms with Crippen molar-refractivity contribution < 1.29 is 9.26 Å². The lowest BCUT2D eigenvalue weighted by molar-refractivity contribution is 0.275. The molecule has 0 saturated heterocycles. The highest BCUT2D eigenvalue weighted by Crippen LogP contribution is 2.34. The van der Waals surface area contributed by atoms with Crippen LogP contribution in [0.1, 0.15) is 44.9 Å². The van der Waals surface area contributed by atoms with Gasteiger partial charge in [-0.3, -0.25) is 0 Å². The first-order valence-electron chi connectivity index (χ1n) is 7.57. The Kier molecular flexibility index (Phi) is 3.92. The molecule has 2 N–H and O–H groups in total. The van der Waals surface area contributed by atoms with Gasteiger partial charge >= 0.3 is 0 Å². The van der Waals surface area contributed by atoms with E-state index in [4.69, 9.17) is 15.0 Å². The smallest absolute Gasteiger partial charge is 0.257 e. The average Bonchev–Trinajstić information content (AvgIpc) is 3.00. The predicted octanol–water partition coefficient (Wildman–Crippen LogP) is 3.25. The third kappa shape index (κ3) is 2.93. The van der Waals surface area contributed by atoms with Crippen LogP contribution in [0.2, 0.25) is 0 Å². The second-order valence-corrected chi connectivity index (χ2v) is 5.60. The monoisotopic (exact) mass is 287 g/mol. The van der Waals surface area contributed by atoms with Crippen LogP contribution in [0.5, 0.6) is 5.75 Å². The molecule has 3 rings (SSSR count). The quantitative estimate of drug-likeness (QED) is 0.934. The van der Waals surface area contributed by atoms with E-state index in [-0.39, 0.29) is 0 Å². The first kappa shape index (κ1) is 14.1. The number of benzene rings is 1. The molecule has 1 aromatic heterocycles. The van der Waals surface area contributed by atoms with Gasteiger partial charge in [-0.2, -0.15) is 4.98 Å². The van der Waals surface area contributed by atoms with Gasteiger partial charge in [0, 0.05) is 5.56 Å². The number of nitrogens with two attached hydrogens (primary N) is 1. The standard InChI is InChI=1S/C16H21N3O2/c1-2-20-13-8-6-12(7-9-13)14-18-15(19-21-14)16(17)10-4-3-5-11-16/h6-9H,2-5,10-11,17H2,1H3. The van der Waals surface area contributed by atoms with Crippen LogP contribution in [0.15, 0.2) is 28.8 Å². The zero-order valence-electron chi connectivity index (χ0n) is 12.3. The van der Waals surface area contributed by atoms with Crippen LogP contribution in [0.25, 0.3) is 11.5 Å². The summed E-state index contributed by atoms with van der Waals surface area (Å²) in [6.45, 7) is 2.61. The first-order valence-corrected chi connectivity index (χ1v) is 7.57. The molecule has 1 heterocycles. The van der Waals surface area contributed by atoms with Gasteiger partial charge in [0.05, 0.1) is 12.1 Å². The number of ether oxygens (including phenoxy) is 1. The molecule has 1 aromatic carbocycles. The van der Waals surface area contributed by atoms with Gasteiger partial charge in [-0.15, -0.1) is 0 Å². The number of nitrogens with zero attached hydrogens (tertiary/aromatic N) is 2. The molecule has 0 radical (unpaired) electrons. The molecular formula is C16H21N3O2. The average molecular weight is 287 g/mol. The van der Waals surface area contributed by atoms with Crippen LogP contribution < -0.4 is 10.5 Å². The molecule has 1 aliphatic carbocycles. The van der Waals surface area contributed by atoms with Crippen molar-refractivity contribution in [1.29, 1.82) is 0 Å². The van der Waals surface area contributed by atoms with E-state index in [9.17, 15) is 0 Å². The molecule has 0 aliphatic heterocycles. The zero-order valence-corrected chi connectivity index (χ0v) is 12.3. The van der Waals surface area contributed by atoms with E-state index in [1.165, 1.54) is 6.42 Å². The maximum atomic E-state index is 6.43. The first-order chi connectivity index (χ1) is 10.2. The summed E-state index contributed by atoms with van der Waals surface area (Å²) >= 11 is 0. The minimum absolute atomic E-state index is 0.425. The largest absolute Gasteiger partial charge is 0.494 e. The molecule has 21 heavy (non-hydrogen) atoms. The van der Waals surface area contributed by atoms with Crippen molar-refractivity contribution in [1.82, 2.24) is 10.1 Å².